The first-order valence-electron chi connectivity index (χ1n) is 6.59. The average molecular weight is 303 g/mol. The van der Waals surface area contributed by atoms with Crippen LogP contribution >= 0.6 is 0 Å². The number of carbonyl (C=O) groups is 2. The second kappa shape index (κ2) is 5.47. The monoisotopic (exact) mass is 303 g/mol. The van der Waals surface area contributed by atoms with E-state index in [4.69, 9.17) is 9.52 Å². The Morgan fingerprint density at radius 2 is 2.27 bits per heavy atom. The number of nitrogens with zero attached hydrogens (tertiary/aromatic N) is 3. The molecule has 0 fully saturated rings. The van der Waals surface area contributed by atoms with Crippen molar-refractivity contribution in [3.63, 3.8) is 0 Å². The predicted molar refractivity (Wildman–Crippen MR) is 73.2 cm³/mol. The zero-order chi connectivity index (χ0) is 15.7. The minimum absolute atomic E-state index is 0.156. The van der Waals surface area contributed by atoms with Crippen molar-refractivity contribution in [2.24, 2.45) is 0 Å². The van der Waals surface area contributed by atoms with E-state index >= 15 is 0 Å². The quantitative estimate of drug-likeness (QED) is 0.839. The number of pyridine rings is 1. The highest BCUT2D eigenvalue weighted by atomic mass is 16.5. The van der Waals surface area contributed by atoms with Gasteiger partial charge in [0.1, 0.15) is 17.1 Å². The van der Waals surface area contributed by atoms with Gasteiger partial charge in [-0.05, 0) is 12.1 Å². The van der Waals surface area contributed by atoms with Crippen LogP contribution in [-0.4, -0.2) is 45.7 Å². The predicted octanol–water partition coefficient (Wildman–Crippen LogP) is 1.56. The molecule has 0 aliphatic carbocycles. The Labute approximate surface area is 125 Å². The van der Waals surface area contributed by atoms with Gasteiger partial charge in [0.05, 0.1) is 13.7 Å². The number of esters is 1. The highest BCUT2D eigenvalue weighted by molar-refractivity contribution is 5.88. The molecule has 3 heterocycles. The fraction of sp³-hybridized carbons (Fsp3) is 0.286. The van der Waals surface area contributed by atoms with E-state index in [2.05, 4.69) is 14.7 Å². The number of hydrogen-bond acceptors (Lipinski definition) is 6. The van der Waals surface area contributed by atoms with E-state index in [0.717, 1.165) is 0 Å². The Kier molecular flexibility index (Phi) is 3.50. The average Bonchev–Trinajstić information content (AvgIpc) is 2.97. The van der Waals surface area contributed by atoms with E-state index in [1.807, 2.05) is 0 Å². The van der Waals surface area contributed by atoms with Crippen molar-refractivity contribution in [2.45, 2.75) is 13.0 Å². The second-order valence-electron chi connectivity index (χ2n) is 4.76. The van der Waals surface area contributed by atoms with E-state index in [0.29, 0.717) is 35.9 Å². The van der Waals surface area contributed by atoms with Gasteiger partial charge in [0.25, 0.3) is 0 Å². The van der Waals surface area contributed by atoms with Crippen LogP contribution in [0.3, 0.4) is 0 Å². The van der Waals surface area contributed by atoms with Gasteiger partial charge >= 0.3 is 12.1 Å². The largest absolute Gasteiger partial charge is 0.465 e. The first kappa shape index (κ1) is 14.1. The maximum atomic E-state index is 11.5. The Balaban J connectivity index is 1.91. The van der Waals surface area contributed by atoms with Gasteiger partial charge in [0, 0.05) is 24.7 Å². The third kappa shape index (κ3) is 2.50. The summed E-state index contributed by atoms with van der Waals surface area (Å²) >= 11 is 0. The van der Waals surface area contributed by atoms with E-state index < -0.39 is 12.1 Å². The van der Waals surface area contributed by atoms with Crippen molar-refractivity contribution < 1.29 is 23.8 Å². The van der Waals surface area contributed by atoms with Crippen LogP contribution in [0.4, 0.5) is 4.79 Å². The lowest BCUT2D eigenvalue weighted by Crippen LogP contribution is -2.34. The minimum Gasteiger partial charge on any atom is -0.465 e. The molecule has 0 unspecified atom stereocenters. The first-order valence-corrected chi connectivity index (χ1v) is 6.59. The van der Waals surface area contributed by atoms with Crippen LogP contribution in [0.5, 0.6) is 0 Å². The molecular formula is C14H13N3O5. The first-order chi connectivity index (χ1) is 10.6. The molecular weight excluding hydrogens is 290 g/mol. The zero-order valence-electron chi connectivity index (χ0n) is 11.8. The van der Waals surface area contributed by atoms with Crippen molar-refractivity contribution in [1.29, 1.82) is 0 Å². The summed E-state index contributed by atoms with van der Waals surface area (Å²) in [5.74, 6) is 0.462. The lowest BCUT2D eigenvalue weighted by molar-refractivity contribution is 0.0594. The molecule has 1 amide bonds. The SMILES string of the molecule is COC(=O)c1cc(-c2nc3c(o2)CCN(C(=O)O)C3)ccn1. The van der Waals surface area contributed by atoms with Gasteiger partial charge < -0.3 is 19.2 Å². The number of amides is 1. The van der Waals surface area contributed by atoms with Crippen LogP contribution in [0.1, 0.15) is 21.9 Å². The fourth-order valence-electron chi connectivity index (χ4n) is 2.27. The molecule has 1 aliphatic heterocycles. The number of ether oxygens (including phenoxy) is 1. The van der Waals surface area contributed by atoms with E-state index in [1.54, 1.807) is 6.07 Å². The Morgan fingerprint density at radius 1 is 1.45 bits per heavy atom. The lowest BCUT2D eigenvalue weighted by Gasteiger charge is -2.21. The number of hydrogen-bond donors (Lipinski definition) is 1. The topological polar surface area (TPSA) is 106 Å². The molecule has 8 heteroatoms. The molecule has 22 heavy (non-hydrogen) atoms. The molecule has 0 aromatic carbocycles. The standard InChI is InChI=1S/C14H13N3O5/c1-21-13(18)9-6-8(2-4-15-9)12-16-10-7-17(14(19)20)5-3-11(10)22-12/h2,4,6H,3,5,7H2,1H3,(H,19,20). The smallest absolute Gasteiger partial charge is 0.407 e. The fourth-order valence-corrected chi connectivity index (χ4v) is 2.27. The Bertz CT molecular complexity index is 740. The number of fused-ring (bicyclic) bond motifs is 1. The Morgan fingerprint density at radius 3 is 3.00 bits per heavy atom. The number of carbonyl (C=O) groups excluding carboxylic acids is 1. The van der Waals surface area contributed by atoms with Gasteiger partial charge in [-0.2, -0.15) is 0 Å². The number of aromatic nitrogens is 2. The molecule has 8 nitrogen and oxygen atoms in total. The molecule has 3 rings (SSSR count). The molecule has 1 aliphatic rings. The van der Waals surface area contributed by atoms with Gasteiger partial charge in [0.15, 0.2) is 0 Å². The molecule has 0 saturated heterocycles. The molecule has 2 aromatic rings. The van der Waals surface area contributed by atoms with E-state index in [-0.39, 0.29) is 12.2 Å². The summed E-state index contributed by atoms with van der Waals surface area (Å²) in [5, 5.41) is 9.02. The summed E-state index contributed by atoms with van der Waals surface area (Å²) in [5.41, 5.74) is 1.34. The maximum absolute atomic E-state index is 11.5. The number of methoxy groups -OCH3 is 1. The molecule has 114 valence electrons. The maximum Gasteiger partial charge on any atom is 0.407 e. The summed E-state index contributed by atoms with van der Waals surface area (Å²) in [6, 6.07) is 3.19. The summed E-state index contributed by atoms with van der Waals surface area (Å²) < 4.78 is 10.3. The van der Waals surface area contributed by atoms with Crippen LogP contribution < -0.4 is 0 Å². The van der Waals surface area contributed by atoms with Crippen molar-refractivity contribution in [2.75, 3.05) is 13.7 Å². The molecule has 0 bridgehead atoms. The molecule has 0 saturated carbocycles. The van der Waals surface area contributed by atoms with E-state index in [1.165, 1.54) is 24.3 Å². The summed E-state index contributed by atoms with van der Waals surface area (Å²) in [6.45, 7) is 0.573. The second-order valence-corrected chi connectivity index (χ2v) is 4.76. The number of oxazole rings is 1. The van der Waals surface area contributed by atoms with Gasteiger partial charge in [-0.3, -0.25) is 0 Å². The minimum atomic E-state index is -0.980. The van der Waals surface area contributed by atoms with E-state index in [9.17, 15) is 9.59 Å². The zero-order valence-corrected chi connectivity index (χ0v) is 11.8. The Hall–Kier alpha value is -2.90. The third-order valence-electron chi connectivity index (χ3n) is 3.40. The van der Waals surface area contributed by atoms with Gasteiger partial charge in [-0.15, -0.1) is 0 Å². The third-order valence-corrected chi connectivity index (χ3v) is 3.40. The molecule has 0 spiro atoms. The van der Waals surface area contributed by atoms with Crippen LogP contribution in [0.25, 0.3) is 11.5 Å². The van der Waals surface area contributed by atoms with Gasteiger partial charge in [-0.1, -0.05) is 0 Å². The molecule has 0 radical (unpaired) electrons. The highest BCUT2D eigenvalue weighted by Gasteiger charge is 2.25. The van der Waals surface area contributed by atoms with Crippen molar-refractivity contribution >= 4 is 12.1 Å². The van der Waals surface area contributed by atoms with Crippen molar-refractivity contribution in [3.8, 4) is 11.5 Å². The van der Waals surface area contributed by atoms with Crippen LogP contribution in [-0.2, 0) is 17.7 Å². The normalized spacial score (nSPS) is 13.6. The summed E-state index contributed by atoms with van der Waals surface area (Å²) in [6.07, 6.45) is 0.963. The van der Waals surface area contributed by atoms with Gasteiger partial charge in [-0.25, -0.2) is 19.6 Å². The van der Waals surface area contributed by atoms with Crippen LogP contribution in [0.2, 0.25) is 0 Å². The highest BCUT2D eigenvalue weighted by Crippen LogP contribution is 2.26. The molecule has 2 aromatic heterocycles. The van der Waals surface area contributed by atoms with Crippen molar-refractivity contribution in [3.05, 3.63) is 35.5 Å². The number of rotatable bonds is 2. The van der Waals surface area contributed by atoms with Crippen LogP contribution in [0, 0.1) is 0 Å². The lowest BCUT2D eigenvalue weighted by atomic mass is 10.2. The van der Waals surface area contributed by atoms with Gasteiger partial charge in [0.2, 0.25) is 5.89 Å². The molecule has 1 N–H and O–H groups in total. The van der Waals surface area contributed by atoms with Crippen molar-refractivity contribution in [1.82, 2.24) is 14.9 Å². The number of carboxylic acid groups (broad SMARTS) is 1. The summed E-state index contributed by atoms with van der Waals surface area (Å²) in [7, 11) is 1.28. The summed E-state index contributed by atoms with van der Waals surface area (Å²) in [4.78, 5) is 32.0. The molecule has 0 atom stereocenters. The van der Waals surface area contributed by atoms with Crippen LogP contribution in [0.15, 0.2) is 22.7 Å².